The molecule has 0 aliphatic rings. The second-order valence-corrected chi connectivity index (χ2v) is 7.33. The van der Waals surface area contributed by atoms with Gasteiger partial charge in [0.2, 0.25) is 6.29 Å². The lowest BCUT2D eigenvalue weighted by atomic mass is 10.2. The van der Waals surface area contributed by atoms with Gasteiger partial charge >= 0.3 is 0 Å². The van der Waals surface area contributed by atoms with Crippen LogP contribution >= 0.6 is 0 Å². The van der Waals surface area contributed by atoms with E-state index in [4.69, 9.17) is 0 Å². The lowest BCUT2D eigenvalue weighted by Crippen LogP contribution is -2.41. The van der Waals surface area contributed by atoms with Gasteiger partial charge in [0, 0.05) is 5.56 Å². The molecule has 0 aliphatic heterocycles. The Labute approximate surface area is 85.8 Å². The molecule has 1 aromatic carbocycles. The second kappa shape index (κ2) is 4.20. The minimum Gasteiger partial charge on any atom is -0.285 e. The van der Waals surface area contributed by atoms with E-state index in [-0.39, 0.29) is 0 Å². The van der Waals surface area contributed by atoms with Crippen molar-refractivity contribution in [3.8, 4) is 0 Å². The molecule has 0 heterocycles. The van der Waals surface area contributed by atoms with Crippen molar-refractivity contribution in [2.24, 2.45) is 0 Å². The monoisotopic (exact) mass is 201 g/mol. The van der Waals surface area contributed by atoms with Crippen LogP contribution in [0.4, 0.5) is 0 Å². The third kappa shape index (κ3) is 1.91. The van der Waals surface area contributed by atoms with Gasteiger partial charge in [-0.05, 0) is 0 Å². The molecule has 71 valence electrons. The molecule has 0 atom stereocenters. The molecule has 0 aliphatic carbocycles. The van der Waals surface area contributed by atoms with Crippen molar-refractivity contribution in [1.82, 2.24) is 0 Å². The summed E-state index contributed by atoms with van der Waals surface area (Å²) in [6, 6.07) is 7.49. The summed E-state index contributed by atoms with van der Waals surface area (Å²) >= 11 is 0. The minimum absolute atomic E-state index is 0.588. The van der Waals surface area contributed by atoms with Crippen molar-refractivity contribution in [3.05, 3.63) is 54.4 Å². The highest BCUT2D eigenvalue weighted by Crippen LogP contribution is 2.07. The Morgan fingerprint density at radius 2 is 2.00 bits per heavy atom. The van der Waals surface area contributed by atoms with Gasteiger partial charge in [-0.1, -0.05) is 47.4 Å². The summed E-state index contributed by atoms with van der Waals surface area (Å²) < 4.78 is 0. The third-order valence-corrected chi connectivity index (χ3v) is 5.70. The summed E-state index contributed by atoms with van der Waals surface area (Å²) in [4.78, 5) is 10.5. The molecular weight excluding hydrogens is 188 g/mol. The highest BCUT2D eigenvalue weighted by atomic mass is 28.3. The van der Waals surface area contributed by atoms with Crippen LogP contribution in [0.25, 0.3) is 0 Å². The van der Waals surface area contributed by atoms with Crippen LogP contribution in [0.5, 0.6) is 0 Å². The molecule has 1 nitrogen and oxygen atoms in total. The fourth-order valence-electron chi connectivity index (χ4n) is 1.24. The van der Waals surface area contributed by atoms with Crippen molar-refractivity contribution in [2.45, 2.75) is 6.55 Å². The topological polar surface area (TPSA) is 17.1 Å². The van der Waals surface area contributed by atoms with Gasteiger partial charge in [0.05, 0.1) is 0 Å². The van der Waals surface area contributed by atoms with E-state index in [2.05, 4.69) is 19.7 Å². The fourth-order valence-corrected chi connectivity index (χ4v) is 2.80. The highest BCUT2D eigenvalue weighted by Gasteiger charge is 2.21. The normalized spacial score (nSPS) is 10.6. The minimum atomic E-state index is -1.77. The maximum atomic E-state index is 10.5. The van der Waals surface area contributed by atoms with Crippen LogP contribution in [0, 0.1) is 0 Å². The molecule has 0 fully saturated rings. The Balaban J connectivity index is 3.23. The van der Waals surface area contributed by atoms with E-state index in [0.717, 1.165) is 5.19 Å². The summed E-state index contributed by atoms with van der Waals surface area (Å²) in [5, 5.41) is 1.14. The lowest BCUT2D eigenvalue weighted by Gasteiger charge is -2.18. The van der Waals surface area contributed by atoms with Crippen LogP contribution in [0.2, 0.25) is 6.55 Å². The van der Waals surface area contributed by atoms with E-state index >= 15 is 0 Å². The zero-order valence-electron chi connectivity index (χ0n) is 8.29. The second-order valence-electron chi connectivity index (χ2n) is 3.37. The van der Waals surface area contributed by atoms with Crippen LogP contribution in [0.1, 0.15) is 5.56 Å². The molecular formula is C12H13OSi. The molecule has 1 aromatic rings. The summed E-state index contributed by atoms with van der Waals surface area (Å²) in [6.45, 7) is 9.79. The van der Waals surface area contributed by atoms with Crippen LogP contribution in [0.3, 0.4) is 0 Å². The number of benzene rings is 1. The number of hydrogen-bond acceptors (Lipinski definition) is 1. The molecule has 1 rings (SSSR count). The Kier molecular flexibility index (Phi) is 3.20. The number of carbonyl (C=O) groups excluding carboxylic acids is 1. The van der Waals surface area contributed by atoms with E-state index in [0.29, 0.717) is 5.56 Å². The van der Waals surface area contributed by atoms with Crippen molar-refractivity contribution < 1.29 is 4.79 Å². The van der Waals surface area contributed by atoms with Gasteiger partial charge in [0.15, 0.2) is 0 Å². The maximum Gasteiger partial charge on any atom is 0.233 e. The molecule has 14 heavy (non-hydrogen) atoms. The average Bonchev–Trinajstić information content (AvgIpc) is 2.28. The lowest BCUT2D eigenvalue weighted by molar-refractivity contribution is 0.563. The molecule has 0 spiro atoms. The fraction of sp³-hybridized carbons (Fsp3) is 0.0833. The Bertz CT molecular complexity index is 360. The Morgan fingerprint density at radius 1 is 1.36 bits per heavy atom. The molecule has 0 unspecified atom stereocenters. The van der Waals surface area contributed by atoms with Crippen molar-refractivity contribution >= 4 is 19.5 Å². The summed E-state index contributed by atoms with van der Waals surface area (Å²) in [7, 11) is -1.77. The summed E-state index contributed by atoms with van der Waals surface area (Å²) in [5.74, 6) is 0. The quantitative estimate of drug-likeness (QED) is 0.680. The predicted octanol–water partition coefficient (Wildman–Crippen LogP) is 1.88. The van der Waals surface area contributed by atoms with E-state index in [1.165, 1.54) is 0 Å². The van der Waals surface area contributed by atoms with Crippen LogP contribution in [-0.4, -0.2) is 14.4 Å². The van der Waals surface area contributed by atoms with E-state index in [1.54, 1.807) is 6.07 Å². The smallest absolute Gasteiger partial charge is 0.233 e. The van der Waals surface area contributed by atoms with Gasteiger partial charge in [-0.25, -0.2) is 0 Å². The largest absolute Gasteiger partial charge is 0.285 e. The van der Waals surface area contributed by atoms with Crippen LogP contribution < -0.4 is 5.19 Å². The first-order valence-corrected chi connectivity index (χ1v) is 7.07. The van der Waals surface area contributed by atoms with Crippen molar-refractivity contribution in [2.75, 3.05) is 0 Å². The highest BCUT2D eigenvalue weighted by molar-refractivity contribution is 6.98. The molecule has 0 aromatic heterocycles. The zero-order valence-corrected chi connectivity index (χ0v) is 9.29. The number of hydrogen-bond donors (Lipinski definition) is 0. The Morgan fingerprint density at radius 3 is 2.50 bits per heavy atom. The predicted molar refractivity (Wildman–Crippen MR) is 62.9 cm³/mol. The molecule has 0 saturated carbocycles. The van der Waals surface area contributed by atoms with Crippen LogP contribution in [0.15, 0.2) is 48.8 Å². The molecule has 0 saturated heterocycles. The zero-order chi connectivity index (χ0) is 10.6. The van der Waals surface area contributed by atoms with Gasteiger partial charge in [0.25, 0.3) is 0 Å². The SMILES string of the molecule is C=C[Si](C)(C=C)c1cccc([C]=O)c1. The molecule has 1 radical (unpaired) electrons. The van der Waals surface area contributed by atoms with Gasteiger partial charge in [-0.3, -0.25) is 4.79 Å². The maximum absolute atomic E-state index is 10.5. The van der Waals surface area contributed by atoms with Crippen molar-refractivity contribution in [1.29, 1.82) is 0 Å². The summed E-state index contributed by atoms with van der Waals surface area (Å²) in [6.07, 6.45) is 1.89. The molecule has 0 amide bonds. The first-order chi connectivity index (χ1) is 6.66. The summed E-state index contributed by atoms with van der Waals surface area (Å²) in [5.41, 5.74) is 4.48. The Hall–Kier alpha value is -1.41. The van der Waals surface area contributed by atoms with Gasteiger partial charge in [0.1, 0.15) is 8.07 Å². The van der Waals surface area contributed by atoms with Crippen LogP contribution in [-0.2, 0) is 4.79 Å². The molecule has 0 bridgehead atoms. The van der Waals surface area contributed by atoms with Gasteiger partial charge < -0.3 is 0 Å². The third-order valence-electron chi connectivity index (χ3n) is 2.45. The first-order valence-electron chi connectivity index (χ1n) is 4.42. The van der Waals surface area contributed by atoms with Gasteiger partial charge in [-0.15, -0.1) is 13.2 Å². The standard InChI is InChI=1S/C12H13OSi/c1-4-14(3,5-2)12-8-6-7-11(9-12)10-13/h4-9H,1-2H2,3H3. The van der Waals surface area contributed by atoms with Gasteiger partial charge in [-0.2, -0.15) is 0 Å². The molecule has 0 N–H and O–H groups in total. The van der Waals surface area contributed by atoms with E-state index in [9.17, 15) is 4.79 Å². The van der Waals surface area contributed by atoms with E-state index in [1.807, 2.05) is 35.9 Å². The first kappa shape index (κ1) is 10.7. The average molecular weight is 201 g/mol. The number of rotatable bonds is 4. The van der Waals surface area contributed by atoms with Crippen molar-refractivity contribution in [3.63, 3.8) is 0 Å². The van der Waals surface area contributed by atoms with E-state index < -0.39 is 8.07 Å². The molecule has 2 heteroatoms.